The van der Waals surface area contributed by atoms with Gasteiger partial charge in [0.25, 0.3) is 0 Å². The lowest BCUT2D eigenvalue weighted by Crippen LogP contribution is -2.34. The Kier molecular flexibility index (Phi) is 8.66. The summed E-state index contributed by atoms with van der Waals surface area (Å²) in [7, 11) is 0. The largest absolute Gasteiger partial charge is 0.311 e. The molecule has 3 aliphatic rings. The average molecular weight is 727 g/mol. The van der Waals surface area contributed by atoms with Crippen LogP contribution in [0.15, 0.2) is 182 Å². The van der Waals surface area contributed by atoms with Crippen molar-refractivity contribution in [3.63, 3.8) is 0 Å². The summed E-state index contributed by atoms with van der Waals surface area (Å²) in [4.78, 5) is 4.83. The highest BCUT2D eigenvalue weighted by atomic mass is 15.1. The van der Waals surface area contributed by atoms with Crippen molar-refractivity contribution in [2.24, 2.45) is 11.8 Å². The lowest BCUT2D eigenvalue weighted by atomic mass is 9.64. The van der Waals surface area contributed by atoms with Gasteiger partial charge in [-0.25, -0.2) is 0 Å². The highest BCUT2D eigenvalue weighted by molar-refractivity contribution is 5.86. The second kappa shape index (κ2) is 14.0. The Hall–Kier alpha value is -5.86. The molecule has 0 spiro atoms. The first-order valence-corrected chi connectivity index (χ1v) is 20.8. The van der Waals surface area contributed by atoms with Crippen LogP contribution in [0.1, 0.15) is 74.6 Å². The Balaban J connectivity index is 1.04. The third-order valence-electron chi connectivity index (χ3n) is 13.9. The fourth-order valence-corrected chi connectivity index (χ4v) is 11.2. The highest BCUT2D eigenvalue weighted by Gasteiger charge is 2.52. The van der Waals surface area contributed by atoms with Crippen LogP contribution in [0.5, 0.6) is 0 Å². The van der Waals surface area contributed by atoms with E-state index in [-0.39, 0.29) is 10.8 Å². The fraction of sp³-hybridized carbons (Fsp3) is 0.222. The van der Waals surface area contributed by atoms with E-state index < -0.39 is 0 Å². The summed E-state index contributed by atoms with van der Waals surface area (Å²) in [6.45, 7) is 4.72. The van der Waals surface area contributed by atoms with Crippen molar-refractivity contribution in [1.29, 1.82) is 0 Å². The predicted octanol–water partition coefficient (Wildman–Crippen LogP) is 14.8. The maximum absolute atomic E-state index is 2.50. The molecule has 0 saturated heterocycles. The number of benzene rings is 7. The van der Waals surface area contributed by atoms with Crippen LogP contribution in [-0.4, -0.2) is 0 Å². The first kappa shape index (κ1) is 34.6. The zero-order chi connectivity index (χ0) is 37.7. The van der Waals surface area contributed by atoms with Crippen LogP contribution in [0.4, 0.5) is 34.1 Å². The van der Waals surface area contributed by atoms with Gasteiger partial charge in [0.1, 0.15) is 0 Å². The van der Waals surface area contributed by atoms with Crippen molar-refractivity contribution in [2.45, 2.75) is 63.2 Å². The zero-order valence-electron chi connectivity index (χ0n) is 32.6. The third kappa shape index (κ3) is 5.45. The highest BCUT2D eigenvalue weighted by Crippen LogP contribution is 2.60. The lowest BCUT2D eigenvalue weighted by Gasteiger charge is -2.40. The molecule has 0 heterocycles. The number of anilines is 6. The second-order valence-corrected chi connectivity index (χ2v) is 16.4. The van der Waals surface area contributed by atoms with Crippen molar-refractivity contribution < 1.29 is 0 Å². The van der Waals surface area contributed by atoms with E-state index in [4.69, 9.17) is 0 Å². The molecule has 3 aliphatic carbocycles. The summed E-state index contributed by atoms with van der Waals surface area (Å²) in [5.41, 5.74) is 15.8. The minimum Gasteiger partial charge on any atom is -0.311 e. The summed E-state index contributed by atoms with van der Waals surface area (Å²) in [5, 5.41) is 0. The molecule has 0 N–H and O–H groups in total. The fourth-order valence-electron chi connectivity index (χ4n) is 11.2. The molecule has 3 unspecified atom stereocenters. The van der Waals surface area contributed by atoms with Gasteiger partial charge in [-0.1, -0.05) is 129 Å². The van der Waals surface area contributed by atoms with E-state index in [1.54, 1.807) is 0 Å². The van der Waals surface area contributed by atoms with Gasteiger partial charge in [-0.15, -0.1) is 0 Å². The number of hydrogen-bond acceptors (Lipinski definition) is 2. The van der Waals surface area contributed by atoms with Gasteiger partial charge in [-0.05, 0) is 150 Å². The van der Waals surface area contributed by atoms with Crippen molar-refractivity contribution in [3.05, 3.63) is 204 Å². The standard InChI is InChI=1S/C54H50N2/c1-3-53(4-2)51-23-15-14-22-49(51)50-35-34-48(37-52(50)53)56(45-20-12-7-13-21-45)47-32-28-41(29-33-47)54(38-39-24-25-42(54)36-39)40-26-30-46(31-27-40)55(43-16-8-5-9-17-43)44-18-10-6-11-19-44/h5-23,26-35,37,39,42H,3-4,24-25,36,38H2,1-2H3. The van der Waals surface area contributed by atoms with Crippen LogP contribution in [0, 0.1) is 11.8 Å². The molecule has 276 valence electrons. The van der Waals surface area contributed by atoms with Gasteiger partial charge in [0.2, 0.25) is 0 Å². The van der Waals surface area contributed by atoms with Crippen molar-refractivity contribution in [1.82, 2.24) is 0 Å². The molecule has 0 radical (unpaired) electrons. The van der Waals surface area contributed by atoms with Crippen LogP contribution in [0.25, 0.3) is 11.1 Å². The molecule has 0 aliphatic heterocycles. The van der Waals surface area contributed by atoms with Crippen LogP contribution < -0.4 is 9.80 Å². The SMILES string of the molecule is CCC1(CC)c2ccccc2-c2ccc(N(c3ccccc3)c3ccc(C4(c5ccc(N(c6ccccc6)c6ccccc6)cc5)CC5CCC4C5)cc3)cc21. The summed E-state index contributed by atoms with van der Waals surface area (Å²) in [6, 6.07) is 68.0. The summed E-state index contributed by atoms with van der Waals surface area (Å²) in [5.74, 6) is 1.45. The molecule has 56 heavy (non-hydrogen) atoms. The Bertz CT molecular complexity index is 2410. The Morgan fingerprint density at radius 3 is 1.38 bits per heavy atom. The Morgan fingerprint density at radius 1 is 0.446 bits per heavy atom. The Morgan fingerprint density at radius 2 is 0.893 bits per heavy atom. The van der Waals surface area contributed by atoms with Gasteiger partial charge < -0.3 is 9.80 Å². The van der Waals surface area contributed by atoms with Gasteiger partial charge in [-0.3, -0.25) is 0 Å². The monoisotopic (exact) mass is 726 g/mol. The topological polar surface area (TPSA) is 6.48 Å². The molecule has 2 heteroatoms. The predicted molar refractivity (Wildman–Crippen MR) is 235 cm³/mol. The number of hydrogen-bond donors (Lipinski definition) is 0. The van der Waals surface area contributed by atoms with E-state index in [1.807, 2.05) is 0 Å². The van der Waals surface area contributed by atoms with Gasteiger partial charge in [0, 0.05) is 45.0 Å². The van der Waals surface area contributed by atoms with E-state index in [1.165, 1.54) is 93.2 Å². The molecule has 2 fully saturated rings. The van der Waals surface area contributed by atoms with Crippen molar-refractivity contribution in [2.75, 3.05) is 9.80 Å². The van der Waals surface area contributed by atoms with Crippen LogP contribution in [0.2, 0.25) is 0 Å². The quantitative estimate of drug-likeness (QED) is 0.138. The average Bonchev–Trinajstić information content (AvgIpc) is 3.97. The molecule has 2 saturated carbocycles. The zero-order valence-corrected chi connectivity index (χ0v) is 32.6. The first-order chi connectivity index (χ1) is 27.6. The molecular formula is C54H50N2. The van der Waals surface area contributed by atoms with Gasteiger partial charge in [0.05, 0.1) is 0 Å². The van der Waals surface area contributed by atoms with Crippen molar-refractivity contribution >= 4 is 34.1 Å². The van der Waals surface area contributed by atoms with Gasteiger partial charge in [-0.2, -0.15) is 0 Å². The van der Waals surface area contributed by atoms with E-state index in [9.17, 15) is 0 Å². The molecule has 0 aromatic heterocycles. The third-order valence-corrected chi connectivity index (χ3v) is 13.9. The normalized spacial score (nSPS) is 20.0. The van der Waals surface area contributed by atoms with E-state index in [2.05, 4.69) is 206 Å². The van der Waals surface area contributed by atoms with Crippen LogP contribution in [0.3, 0.4) is 0 Å². The maximum Gasteiger partial charge on any atom is 0.0465 e. The second-order valence-electron chi connectivity index (χ2n) is 16.4. The minimum absolute atomic E-state index is 0.0169. The molecule has 2 nitrogen and oxygen atoms in total. The summed E-state index contributed by atoms with van der Waals surface area (Å²) < 4.78 is 0. The summed E-state index contributed by atoms with van der Waals surface area (Å²) in [6.07, 6.45) is 7.38. The molecule has 2 bridgehead atoms. The molecule has 7 aromatic carbocycles. The van der Waals surface area contributed by atoms with E-state index in [0.717, 1.165) is 18.8 Å². The number of fused-ring (bicyclic) bond motifs is 5. The smallest absolute Gasteiger partial charge is 0.0465 e. The van der Waals surface area contributed by atoms with Gasteiger partial charge in [0.15, 0.2) is 0 Å². The molecular weight excluding hydrogens is 677 g/mol. The molecule has 3 atom stereocenters. The minimum atomic E-state index is 0.0169. The van der Waals surface area contributed by atoms with Crippen LogP contribution in [-0.2, 0) is 10.8 Å². The first-order valence-electron chi connectivity index (χ1n) is 20.8. The maximum atomic E-state index is 2.50. The lowest BCUT2D eigenvalue weighted by molar-refractivity contribution is 0.320. The van der Waals surface area contributed by atoms with Crippen LogP contribution >= 0.6 is 0 Å². The van der Waals surface area contributed by atoms with Gasteiger partial charge >= 0.3 is 0 Å². The molecule has 10 rings (SSSR count). The number of rotatable bonds is 10. The van der Waals surface area contributed by atoms with Crippen molar-refractivity contribution in [3.8, 4) is 11.1 Å². The molecule has 0 amide bonds. The molecule has 7 aromatic rings. The van der Waals surface area contributed by atoms with E-state index >= 15 is 0 Å². The summed E-state index contributed by atoms with van der Waals surface area (Å²) >= 11 is 0. The Labute approximate surface area is 333 Å². The van der Waals surface area contributed by atoms with E-state index in [0.29, 0.717) is 5.92 Å². The number of nitrogens with zero attached hydrogens (tertiary/aromatic N) is 2. The number of para-hydroxylation sites is 3.